The number of likely N-dealkylation sites (N-methyl/N-ethyl adjacent to an activating group) is 1. The van der Waals surface area contributed by atoms with E-state index in [2.05, 4.69) is 26.7 Å². The topological polar surface area (TPSA) is 47.5 Å². The minimum absolute atomic E-state index is 0.414. The van der Waals surface area contributed by atoms with Crippen molar-refractivity contribution >= 4 is 21.7 Å². The van der Waals surface area contributed by atoms with E-state index in [1.165, 1.54) is 0 Å². The van der Waals surface area contributed by atoms with Gasteiger partial charge in [0.1, 0.15) is 17.0 Å². The van der Waals surface area contributed by atoms with Crippen LogP contribution in [-0.4, -0.2) is 55.3 Å². The maximum atomic E-state index is 5.80. The third-order valence-corrected chi connectivity index (χ3v) is 4.31. The molecule has 0 saturated heterocycles. The van der Waals surface area contributed by atoms with Crippen LogP contribution in [-0.2, 0) is 4.74 Å². The molecular weight excluding hydrogens is 346 g/mol. The van der Waals surface area contributed by atoms with Crippen LogP contribution in [0.1, 0.15) is 11.3 Å². The standard InChI is InChI=1S/C20H21N3O2S/c1-23(2)11-12-24-13-14-25-19-17(9-8-16-6-4-3-5-7-16)22-20-18(21-19)10-15-26-20/h3-7,10,15H,11-14H2,1-2H3. The Bertz CT molecular complexity index is 898. The van der Waals surface area contributed by atoms with E-state index in [1.54, 1.807) is 11.3 Å². The van der Waals surface area contributed by atoms with Gasteiger partial charge in [-0.05, 0) is 43.6 Å². The summed E-state index contributed by atoms with van der Waals surface area (Å²) in [6, 6.07) is 11.7. The fourth-order valence-corrected chi connectivity index (χ4v) is 2.86. The van der Waals surface area contributed by atoms with Gasteiger partial charge in [-0.25, -0.2) is 9.97 Å². The van der Waals surface area contributed by atoms with Gasteiger partial charge in [0.15, 0.2) is 5.69 Å². The number of benzene rings is 1. The van der Waals surface area contributed by atoms with Crippen LogP contribution in [0.2, 0.25) is 0 Å². The lowest BCUT2D eigenvalue weighted by molar-refractivity contribution is 0.0875. The summed E-state index contributed by atoms with van der Waals surface area (Å²) in [6.07, 6.45) is 0. The van der Waals surface area contributed by atoms with Crippen LogP contribution < -0.4 is 4.74 Å². The van der Waals surface area contributed by atoms with Crippen molar-refractivity contribution < 1.29 is 9.47 Å². The Labute approximate surface area is 157 Å². The predicted octanol–water partition coefficient (Wildman–Crippen LogP) is 3.05. The number of ether oxygens (including phenoxy) is 2. The molecule has 0 N–H and O–H groups in total. The van der Waals surface area contributed by atoms with E-state index in [1.807, 2.05) is 55.9 Å². The molecule has 2 aromatic heterocycles. The lowest BCUT2D eigenvalue weighted by Gasteiger charge is -2.10. The lowest BCUT2D eigenvalue weighted by atomic mass is 10.2. The predicted molar refractivity (Wildman–Crippen MR) is 105 cm³/mol. The molecule has 0 radical (unpaired) electrons. The molecule has 6 heteroatoms. The van der Waals surface area contributed by atoms with Crippen molar-refractivity contribution in [1.82, 2.24) is 14.9 Å². The van der Waals surface area contributed by atoms with Gasteiger partial charge in [0.05, 0.1) is 13.2 Å². The molecule has 0 saturated carbocycles. The molecule has 2 heterocycles. The summed E-state index contributed by atoms with van der Waals surface area (Å²) in [4.78, 5) is 12.1. The summed E-state index contributed by atoms with van der Waals surface area (Å²) in [5.74, 6) is 6.66. The zero-order chi connectivity index (χ0) is 18.2. The summed E-state index contributed by atoms with van der Waals surface area (Å²) in [6.45, 7) is 2.47. The number of hydrogen-bond donors (Lipinski definition) is 0. The second-order valence-corrected chi connectivity index (χ2v) is 6.76. The molecule has 134 valence electrons. The van der Waals surface area contributed by atoms with Crippen LogP contribution in [0.25, 0.3) is 10.3 Å². The highest BCUT2D eigenvalue weighted by molar-refractivity contribution is 7.16. The van der Waals surface area contributed by atoms with Crippen LogP contribution in [0.3, 0.4) is 0 Å². The molecule has 0 bridgehead atoms. The van der Waals surface area contributed by atoms with Crippen LogP contribution >= 0.6 is 11.3 Å². The summed E-state index contributed by atoms with van der Waals surface area (Å²) in [5.41, 5.74) is 2.31. The molecule has 0 spiro atoms. The van der Waals surface area contributed by atoms with Crippen molar-refractivity contribution in [2.24, 2.45) is 0 Å². The lowest BCUT2D eigenvalue weighted by Crippen LogP contribution is -2.19. The molecule has 3 rings (SSSR count). The Kier molecular flexibility index (Phi) is 6.56. The van der Waals surface area contributed by atoms with Crippen LogP contribution in [0, 0.1) is 11.8 Å². The molecule has 1 aromatic carbocycles. The monoisotopic (exact) mass is 367 g/mol. The molecule has 0 aliphatic rings. The Morgan fingerprint density at radius 3 is 2.65 bits per heavy atom. The third kappa shape index (κ3) is 5.27. The fourth-order valence-electron chi connectivity index (χ4n) is 2.16. The second-order valence-electron chi connectivity index (χ2n) is 5.87. The number of aromatic nitrogens is 2. The Morgan fingerprint density at radius 1 is 1.00 bits per heavy atom. The number of fused-ring (bicyclic) bond motifs is 1. The third-order valence-electron chi connectivity index (χ3n) is 3.51. The molecular formula is C20H21N3O2S. The number of hydrogen-bond acceptors (Lipinski definition) is 6. The highest BCUT2D eigenvalue weighted by Gasteiger charge is 2.09. The largest absolute Gasteiger partial charge is 0.473 e. The maximum Gasteiger partial charge on any atom is 0.249 e. The number of thiophene rings is 1. The molecule has 5 nitrogen and oxygen atoms in total. The highest BCUT2D eigenvalue weighted by Crippen LogP contribution is 2.22. The van der Waals surface area contributed by atoms with Crippen molar-refractivity contribution in [2.75, 3.05) is 40.5 Å². The Hall–Kier alpha value is -2.46. The van der Waals surface area contributed by atoms with Gasteiger partial charge in [-0.2, -0.15) is 0 Å². The minimum atomic E-state index is 0.414. The van der Waals surface area contributed by atoms with Gasteiger partial charge in [0.25, 0.3) is 0 Å². The van der Waals surface area contributed by atoms with Crippen molar-refractivity contribution in [1.29, 1.82) is 0 Å². The first-order valence-corrected chi connectivity index (χ1v) is 9.28. The van der Waals surface area contributed by atoms with E-state index in [0.717, 1.165) is 22.5 Å². The first-order chi connectivity index (χ1) is 12.7. The first-order valence-electron chi connectivity index (χ1n) is 8.40. The van der Waals surface area contributed by atoms with Gasteiger partial charge in [-0.15, -0.1) is 11.3 Å². The van der Waals surface area contributed by atoms with Crippen molar-refractivity contribution in [3.63, 3.8) is 0 Å². The van der Waals surface area contributed by atoms with Crippen molar-refractivity contribution in [3.8, 4) is 17.7 Å². The zero-order valence-electron chi connectivity index (χ0n) is 14.9. The Balaban J connectivity index is 1.70. The van der Waals surface area contributed by atoms with Crippen molar-refractivity contribution in [3.05, 3.63) is 53.0 Å². The van der Waals surface area contributed by atoms with E-state index in [0.29, 0.717) is 31.4 Å². The molecule has 3 aromatic rings. The average molecular weight is 367 g/mol. The second kappa shape index (κ2) is 9.30. The summed E-state index contributed by atoms with van der Waals surface area (Å²) in [5, 5.41) is 1.97. The molecule has 0 amide bonds. The van der Waals surface area contributed by atoms with Gasteiger partial charge in [-0.3, -0.25) is 0 Å². The smallest absolute Gasteiger partial charge is 0.249 e. The molecule has 0 aliphatic heterocycles. The van der Waals surface area contributed by atoms with E-state index in [9.17, 15) is 0 Å². The van der Waals surface area contributed by atoms with Crippen LogP contribution in [0.5, 0.6) is 5.88 Å². The van der Waals surface area contributed by atoms with Gasteiger partial charge in [0, 0.05) is 12.1 Å². The van der Waals surface area contributed by atoms with Gasteiger partial charge in [0.2, 0.25) is 5.88 Å². The van der Waals surface area contributed by atoms with Crippen molar-refractivity contribution in [2.45, 2.75) is 0 Å². The zero-order valence-corrected chi connectivity index (χ0v) is 15.8. The van der Waals surface area contributed by atoms with Gasteiger partial charge >= 0.3 is 0 Å². The molecule has 0 atom stereocenters. The number of nitrogens with zero attached hydrogens (tertiary/aromatic N) is 3. The fraction of sp³-hybridized carbons (Fsp3) is 0.300. The van der Waals surface area contributed by atoms with Crippen LogP contribution in [0.4, 0.5) is 0 Å². The summed E-state index contributed by atoms with van der Waals surface area (Å²) in [7, 11) is 4.03. The van der Waals surface area contributed by atoms with E-state index >= 15 is 0 Å². The average Bonchev–Trinajstić information content (AvgIpc) is 3.10. The summed E-state index contributed by atoms with van der Waals surface area (Å²) >= 11 is 1.54. The Morgan fingerprint density at radius 2 is 1.85 bits per heavy atom. The highest BCUT2D eigenvalue weighted by atomic mass is 32.1. The maximum absolute atomic E-state index is 5.80. The van der Waals surface area contributed by atoms with Gasteiger partial charge < -0.3 is 14.4 Å². The molecule has 0 aliphatic carbocycles. The molecule has 0 fully saturated rings. The van der Waals surface area contributed by atoms with Gasteiger partial charge in [-0.1, -0.05) is 24.1 Å². The first kappa shape index (κ1) is 18.3. The van der Waals surface area contributed by atoms with Crippen LogP contribution in [0.15, 0.2) is 41.8 Å². The van der Waals surface area contributed by atoms with E-state index < -0.39 is 0 Å². The number of rotatable bonds is 7. The summed E-state index contributed by atoms with van der Waals surface area (Å²) < 4.78 is 11.4. The normalized spacial score (nSPS) is 10.7. The minimum Gasteiger partial charge on any atom is -0.473 e. The molecule has 26 heavy (non-hydrogen) atoms. The quantitative estimate of drug-likeness (QED) is 0.474. The SMILES string of the molecule is CN(C)CCOCCOc1nc2ccsc2nc1C#Cc1ccccc1. The van der Waals surface area contributed by atoms with E-state index in [4.69, 9.17) is 9.47 Å². The van der Waals surface area contributed by atoms with E-state index in [-0.39, 0.29) is 0 Å². The molecule has 0 unspecified atom stereocenters.